The first kappa shape index (κ1) is 15.2. The van der Waals surface area contributed by atoms with Gasteiger partial charge in [-0.3, -0.25) is 4.79 Å². The van der Waals surface area contributed by atoms with Gasteiger partial charge in [0.1, 0.15) is 10.8 Å². The third kappa shape index (κ3) is 3.07. The third-order valence-electron chi connectivity index (χ3n) is 3.19. The molecule has 7 nitrogen and oxygen atoms in total. The van der Waals surface area contributed by atoms with Crippen molar-refractivity contribution >= 4 is 28.4 Å². The first-order valence-corrected chi connectivity index (χ1v) is 7.70. The molecule has 118 valence electrons. The Bertz CT molecular complexity index is 879. The second kappa shape index (κ2) is 6.17. The number of aromatic nitrogens is 3. The highest BCUT2D eigenvalue weighted by molar-refractivity contribution is 7.16. The highest BCUT2D eigenvalue weighted by Gasteiger charge is 2.18. The molecule has 0 aliphatic carbocycles. The van der Waals surface area contributed by atoms with Crippen molar-refractivity contribution in [2.24, 2.45) is 5.10 Å². The van der Waals surface area contributed by atoms with E-state index < -0.39 is 0 Å². The summed E-state index contributed by atoms with van der Waals surface area (Å²) in [4.78, 5) is 17.3. The van der Waals surface area contributed by atoms with Crippen molar-refractivity contribution in [2.75, 3.05) is 7.11 Å². The van der Waals surface area contributed by atoms with Crippen LogP contribution >= 0.6 is 11.3 Å². The molecule has 0 fully saturated rings. The summed E-state index contributed by atoms with van der Waals surface area (Å²) in [6.07, 6.45) is 1.57. The first-order valence-electron chi connectivity index (χ1n) is 6.88. The molecule has 0 bridgehead atoms. The van der Waals surface area contributed by atoms with Crippen LogP contribution in [0.2, 0.25) is 0 Å². The second-order valence-electron chi connectivity index (χ2n) is 4.83. The van der Waals surface area contributed by atoms with Crippen LogP contribution in [0, 0.1) is 13.8 Å². The van der Waals surface area contributed by atoms with Crippen molar-refractivity contribution in [3.05, 3.63) is 46.2 Å². The number of hydrogen-bond acceptors (Lipinski definition) is 6. The predicted molar refractivity (Wildman–Crippen MR) is 88.4 cm³/mol. The van der Waals surface area contributed by atoms with E-state index in [2.05, 4.69) is 20.6 Å². The van der Waals surface area contributed by atoms with Crippen LogP contribution in [0.15, 0.2) is 29.4 Å². The summed E-state index contributed by atoms with van der Waals surface area (Å²) in [5, 5.41) is 9.11. The van der Waals surface area contributed by atoms with E-state index in [1.807, 2.05) is 31.2 Å². The number of nitrogens with one attached hydrogen (secondary N) is 1. The normalized spacial score (nSPS) is 11.3. The van der Waals surface area contributed by atoms with Gasteiger partial charge in [0.15, 0.2) is 5.69 Å². The number of carbonyl (C=O) groups excluding carboxylic acids is 1. The van der Waals surface area contributed by atoms with Crippen molar-refractivity contribution in [1.82, 2.24) is 20.0 Å². The zero-order valence-corrected chi connectivity index (χ0v) is 13.7. The van der Waals surface area contributed by atoms with Crippen LogP contribution < -0.4 is 10.2 Å². The second-order valence-corrected chi connectivity index (χ2v) is 5.99. The van der Waals surface area contributed by atoms with E-state index in [0.717, 1.165) is 16.3 Å². The number of rotatable bonds is 4. The molecular weight excluding hydrogens is 314 g/mol. The van der Waals surface area contributed by atoms with Gasteiger partial charge < -0.3 is 4.74 Å². The van der Waals surface area contributed by atoms with Crippen LogP contribution in [0.25, 0.3) is 4.96 Å². The summed E-state index contributed by atoms with van der Waals surface area (Å²) in [6.45, 7) is 3.65. The minimum Gasteiger partial charge on any atom is -0.497 e. The van der Waals surface area contributed by atoms with Gasteiger partial charge >= 0.3 is 0 Å². The Kier molecular flexibility index (Phi) is 4.07. The largest absolute Gasteiger partial charge is 0.497 e. The molecule has 0 aliphatic rings. The Labute approximate surface area is 136 Å². The number of carbonyl (C=O) groups is 1. The van der Waals surface area contributed by atoms with Gasteiger partial charge in [0.2, 0.25) is 4.96 Å². The minimum absolute atomic E-state index is 0.343. The molecule has 0 saturated carbocycles. The van der Waals surface area contributed by atoms with Crippen LogP contribution in [0.1, 0.15) is 26.8 Å². The average molecular weight is 329 g/mol. The third-order valence-corrected chi connectivity index (χ3v) is 4.01. The minimum atomic E-state index is -0.343. The maximum absolute atomic E-state index is 12.3. The van der Waals surface area contributed by atoms with Crippen LogP contribution in [0.3, 0.4) is 0 Å². The van der Waals surface area contributed by atoms with E-state index in [0.29, 0.717) is 16.3 Å². The molecule has 23 heavy (non-hydrogen) atoms. The number of hydrazone groups is 1. The topological polar surface area (TPSA) is 80.9 Å². The molecule has 2 heterocycles. The van der Waals surface area contributed by atoms with Gasteiger partial charge in [-0.15, -0.1) is 0 Å². The molecular formula is C15H15N5O2S. The number of aryl methyl sites for hydroxylation is 2. The standard InChI is InChI=1S/C15H15N5O2S/c1-9-13(20-15(17-9)23-10(2)19-20)14(21)18-16-8-11-4-6-12(22-3)7-5-11/h4-8H,1-3H3,(H,18,21)/b16-8+. The molecule has 3 aromatic rings. The van der Waals surface area contributed by atoms with Gasteiger partial charge in [-0.1, -0.05) is 11.3 Å². The summed E-state index contributed by atoms with van der Waals surface area (Å²) in [5.41, 5.74) is 4.39. The van der Waals surface area contributed by atoms with Crippen LogP contribution in [-0.4, -0.2) is 33.8 Å². The quantitative estimate of drug-likeness (QED) is 0.587. The number of amides is 1. The zero-order valence-electron chi connectivity index (χ0n) is 12.9. The fourth-order valence-electron chi connectivity index (χ4n) is 2.11. The fourth-order valence-corrected chi connectivity index (χ4v) is 2.90. The Balaban J connectivity index is 1.75. The van der Waals surface area contributed by atoms with Crippen molar-refractivity contribution < 1.29 is 9.53 Å². The molecule has 1 aromatic carbocycles. The van der Waals surface area contributed by atoms with E-state index in [9.17, 15) is 4.79 Å². The number of benzene rings is 1. The number of methoxy groups -OCH3 is 1. The lowest BCUT2D eigenvalue weighted by atomic mass is 10.2. The number of ether oxygens (including phenoxy) is 1. The van der Waals surface area contributed by atoms with Crippen molar-refractivity contribution in [3.63, 3.8) is 0 Å². The molecule has 0 unspecified atom stereocenters. The molecule has 0 aliphatic heterocycles. The molecule has 0 atom stereocenters. The van der Waals surface area contributed by atoms with Crippen LogP contribution in [0.5, 0.6) is 5.75 Å². The lowest BCUT2D eigenvalue weighted by Gasteiger charge is -2.00. The highest BCUT2D eigenvalue weighted by atomic mass is 32.1. The van der Waals surface area contributed by atoms with E-state index in [4.69, 9.17) is 4.74 Å². The number of fused-ring (bicyclic) bond motifs is 1. The zero-order chi connectivity index (χ0) is 16.4. The average Bonchev–Trinajstić information content (AvgIpc) is 3.02. The van der Waals surface area contributed by atoms with Gasteiger partial charge in [0.25, 0.3) is 5.91 Å². The van der Waals surface area contributed by atoms with Gasteiger partial charge in [-0.2, -0.15) is 14.7 Å². The summed E-state index contributed by atoms with van der Waals surface area (Å²) in [6, 6.07) is 7.35. The number of hydrogen-bond donors (Lipinski definition) is 1. The Hall–Kier alpha value is -2.74. The number of imidazole rings is 1. The Morgan fingerprint density at radius 1 is 1.35 bits per heavy atom. The summed E-state index contributed by atoms with van der Waals surface area (Å²) < 4.78 is 6.64. The summed E-state index contributed by atoms with van der Waals surface area (Å²) in [7, 11) is 1.61. The number of nitrogens with zero attached hydrogens (tertiary/aromatic N) is 4. The molecule has 0 saturated heterocycles. The SMILES string of the molecule is COc1ccc(/C=N/NC(=O)c2c(C)nc3sc(C)nn23)cc1. The van der Waals surface area contributed by atoms with Crippen molar-refractivity contribution in [1.29, 1.82) is 0 Å². The predicted octanol–water partition coefficient (Wildman–Crippen LogP) is 2.18. The smallest absolute Gasteiger partial charge is 0.292 e. The summed E-state index contributed by atoms with van der Waals surface area (Å²) >= 11 is 1.44. The molecule has 8 heteroatoms. The molecule has 2 aromatic heterocycles. The fraction of sp³-hybridized carbons (Fsp3) is 0.200. The molecule has 0 spiro atoms. The molecule has 1 N–H and O–H groups in total. The Morgan fingerprint density at radius 2 is 2.09 bits per heavy atom. The van der Waals surface area contributed by atoms with Crippen LogP contribution in [0.4, 0.5) is 0 Å². The Morgan fingerprint density at radius 3 is 2.78 bits per heavy atom. The van der Waals surface area contributed by atoms with Gasteiger partial charge in [0, 0.05) is 0 Å². The maximum Gasteiger partial charge on any atom is 0.292 e. The van der Waals surface area contributed by atoms with E-state index in [1.54, 1.807) is 24.8 Å². The van der Waals surface area contributed by atoms with Crippen LogP contribution in [-0.2, 0) is 0 Å². The lowest BCUT2D eigenvalue weighted by Crippen LogP contribution is -2.20. The van der Waals surface area contributed by atoms with Crippen molar-refractivity contribution in [2.45, 2.75) is 13.8 Å². The molecule has 3 rings (SSSR count). The molecule has 0 radical (unpaired) electrons. The van der Waals surface area contributed by atoms with E-state index in [-0.39, 0.29) is 5.91 Å². The highest BCUT2D eigenvalue weighted by Crippen LogP contribution is 2.17. The summed E-state index contributed by atoms with van der Waals surface area (Å²) in [5.74, 6) is 0.424. The maximum atomic E-state index is 12.3. The van der Waals surface area contributed by atoms with Crippen molar-refractivity contribution in [3.8, 4) is 5.75 Å². The van der Waals surface area contributed by atoms with Gasteiger partial charge in [0.05, 0.1) is 19.0 Å². The first-order chi connectivity index (χ1) is 11.1. The van der Waals surface area contributed by atoms with E-state index in [1.165, 1.54) is 11.3 Å². The van der Waals surface area contributed by atoms with Gasteiger partial charge in [-0.25, -0.2) is 10.4 Å². The van der Waals surface area contributed by atoms with Gasteiger partial charge in [-0.05, 0) is 43.7 Å². The lowest BCUT2D eigenvalue weighted by molar-refractivity contribution is 0.0947. The molecule has 1 amide bonds. The van der Waals surface area contributed by atoms with E-state index >= 15 is 0 Å². The monoisotopic (exact) mass is 329 g/mol.